The molecule has 0 N–H and O–H groups in total. The molecule has 2 aliphatic rings. The number of carbonyl (C=O) groups excluding carboxylic acids is 2. The monoisotopic (exact) mass is 392 g/mol. The number of aryl methyl sites for hydroxylation is 1. The van der Waals surface area contributed by atoms with Crippen molar-refractivity contribution in [1.29, 1.82) is 0 Å². The Morgan fingerprint density at radius 2 is 1.78 bits per heavy atom. The van der Waals surface area contributed by atoms with Crippen LogP contribution in [-0.2, 0) is 9.59 Å². The van der Waals surface area contributed by atoms with E-state index in [1.165, 1.54) is 25.7 Å². The van der Waals surface area contributed by atoms with Crippen molar-refractivity contribution in [3.8, 4) is 5.75 Å². The van der Waals surface area contributed by atoms with Crippen molar-refractivity contribution in [3.63, 3.8) is 0 Å². The van der Waals surface area contributed by atoms with Gasteiger partial charge in [-0.1, -0.05) is 24.4 Å². The highest BCUT2D eigenvalue weighted by Gasteiger charge is 2.29. The normalized spacial score (nSPS) is 19.2. The van der Waals surface area contributed by atoms with E-state index in [0.717, 1.165) is 5.56 Å². The number of piperazine rings is 1. The van der Waals surface area contributed by atoms with Gasteiger partial charge in [-0.15, -0.1) is 0 Å². The summed E-state index contributed by atoms with van der Waals surface area (Å²) in [5, 5.41) is 0.680. The van der Waals surface area contributed by atoms with Gasteiger partial charge in [-0.05, 0) is 56.4 Å². The number of hydrogen-bond donors (Lipinski definition) is 0. The molecule has 1 atom stereocenters. The van der Waals surface area contributed by atoms with Gasteiger partial charge in [0.05, 0.1) is 0 Å². The van der Waals surface area contributed by atoms with Gasteiger partial charge >= 0.3 is 0 Å². The van der Waals surface area contributed by atoms with E-state index in [2.05, 4.69) is 0 Å². The maximum atomic E-state index is 12.7. The Hall–Kier alpha value is -1.75. The van der Waals surface area contributed by atoms with Gasteiger partial charge in [0.25, 0.3) is 5.91 Å². The third-order valence-electron chi connectivity index (χ3n) is 5.67. The average Bonchev–Trinajstić information content (AvgIpc) is 3.17. The van der Waals surface area contributed by atoms with Gasteiger partial charge in [0.2, 0.25) is 5.91 Å². The number of halogens is 1. The van der Waals surface area contributed by atoms with E-state index in [4.69, 9.17) is 16.3 Å². The lowest BCUT2D eigenvalue weighted by molar-refractivity contribution is -0.144. The highest BCUT2D eigenvalue weighted by molar-refractivity contribution is 6.31. The van der Waals surface area contributed by atoms with E-state index < -0.39 is 6.10 Å². The predicted molar refractivity (Wildman–Crippen MR) is 106 cm³/mol. The lowest BCUT2D eigenvalue weighted by Crippen LogP contribution is -2.53. The Bertz CT molecular complexity index is 680. The Balaban J connectivity index is 1.47. The van der Waals surface area contributed by atoms with Crippen molar-refractivity contribution in [2.24, 2.45) is 5.92 Å². The fraction of sp³-hybridized carbons (Fsp3) is 0.619. The lowest BCUT2D eigenvalue weighted by Gasteiger charge is -2.36. The molecule has 1 saturated carbocycles. The lowest BCUT2D eigenvalue weighted by atomic mass is 10.0. The van der Waals surface area contributed by atoms with Crippen molar-refractivity contribution in [1.82, 2.24) is 9.80 Å². The summed E-state index contributed by atoms with van der Waals surface area (Å²) in [4.78, 5) is 28.8. The molecule has 1 unspecified atom stereocenters. The van der Waals surface area contributed by atoms with Crippen LogP contribution in [0.5, 0.6) is 5.75 Å². The van der Waals surface area contributed by atoms with E-state index in [1.54, 1.807) is 24.0 Å². The Kier molecular flexibility index (Phi) is 6.64. The molecule has 148 valence electrons. The zero-order valence-electron chi connectivity index (χ0n) is 16.2. The van der Waals surface area contributed by atoms with E-state index in [0.29, 0.717) is 49.3 Å². The molecule has 1 aromatic rings. The van der Waals surface area contributed by atoms with Crippen LogP contribution in [-0.4, -0.2) is 53.9 Å². The summed E-state index contributed by atoms with van der Waals surface area (Å²) in [6, 6.07) is 5.39. The van der Waals surface area contributed by atoms with Crippen LogP contribution in [0.2, 0.25) is 5.02 Å². The summed E-state index contributed by atoms with van der Waals surface area (Å²) in [7, 11) is 0. The molecule has 0 spiro atoms. The molecule has 0 bridgehead atoms. The second kappa shape index (κ2) is 8.96. The van der Waals surface area contributed by atoms with Crippen LogP contribution in [0.25, 0.3) is 0 Å². The summed E-state index contributed by atoms with van der Waals surface area (Å²) >= 11 is 6.03. The van der Waals surface area contributed by atoms with Gasteiger partial charge in [-0.25, -0.2) is 0 Å². The highest BCUT2D eigenvalue weighted by Crippen LogP contribution is 2.28. The van der Waals surface area contributed by atoms with Crippen molar-refractivity contribution in [2.75, 3.05) is 26.2 Å². The minimum absolute atomic E-state index is 0.0366. The molecule has 1 aliphatic carbocycles. The number of carbonyl (C=O) groups is 2. The highest BCUT2D eigenvalue weighted by atomic mass is 35.5. The number of benzene rings is 1. The minimum Gasteiger partial charge on any atom is -0.481 e. The largest absolute Gasteiger partial charge is 0.481 e. The molecule has 1 heterocycles. The molecule has 3 rings (SSSR count). The van der Waals surface area contributed by atoms with Crippen LogP contribution in [0.3, 0.4) is 0 Å². The van der Waals surface area contributed by atoms with Gasteiger partial charge in [0, 0.05) is 37.6 Å². The van der Waals surface area contributed by atoms with Crippen LogP contribution in [0.1, 0.15) is 44.6 Å². The first-order chi connectivity index (χ1) is 12.9. The molecular weight excluding hydrogens is 364 g/mol. The molecule has 0 aromatic heterocycles. The van der Waals surface area contributed by atoms with Crippen molar-refractivity contribution >= 4 is 23.4 Å². The fourth-order valence-electron chi connectivity index (χ4n) is 3.97. The summed E-state index contributed by atoms with van der Waals surface area (Å²) in [6.45, 7) is 6.05. The molecule has 27 heavy (non-hydrogen) atoms. The molecule has 2 fully saturated rings. The first-order valence-electron chi connectivity index (χ1n) is 9.93. The molecule has 1 aromatic carbocycles. The van der Waals surface area contributed by atoms with Crippen molar-refractivity contribution < 1.29 is 14.3 Å². The quantitative estimate of drug-likeness (QED) is 0.768. The second-order valence-electron chi connectivity index (χ2n) is 7.73. The van der Waals surface area contributed by atoms with Gasteiger partial charge in [0.1, 0.15) is 5.75 Å². The Morgan fingerprint density at radius 3 is 2.41 bits per heavy atom. The predicted octanol–water partition coefficient (Wildman–Crippen LogP) is 3.67. The average molecular weight is 393 g/mol. The first-order valence-corrected chi connectivity index (χ1v) is 10.3. The third-order valence-corrected chi connectivity index (χ3v) is 6.10. The summed E-state index contributed by atoms with van der Waals surface area (Å²) in [5.74, 6) is 1.41. The van der Waals surface area contributed by atoms with Crippen LogP contribution in [0, 0.1) is 12.8 Å². The number of ether oxygens (including phenoxy) is 1. The summed E-state index contributed by atoms with van der Waals surface area (Å²) in [5.41, 5.74) is 0.920. The fourth-order valence-corrected chi connectivity index (χ4v) is 4.09. The molecule has 0 radical (unpaired) electrons. The van der Waals surface area contributed by atoms with E-state index in [1.807, 2.05) is 17.9 Å². The summed E-state index contributed by atoms with van der Waals surface area (Å²) in [6.07, 6.45) is 4.98. The van der Waals surface area contributed by atoms with Crippen LogP contribution < -0.4 is 4.74 Å². The smallest absolute Gasteiger partial charge is 0.263 e. The molecule has 2 amide bonds. The molecule has 6 heteroatoms. The van der Waals surface area contributed by atoms with Gasteiger partial charge in [-0.2, -0.15) is 0 Å². The van der Waals surface area contributed by atoms with Gasteiger partial charge < -0.3 is 14.5 Å². The Labute approximate surface area is 166 Å². The second-order valence-corrected chi connectivity index (χ2v) is 8.14. The molecule has 1 aliphatic heterocycles. The van der Waals surface area contributed by atoms with Crippen LogP contribution in [0.4, 0.5) is 0 Å². The topological polar surface area (TPSA) is 49.9 Å². The molecule has 1 saturated heterocycles. The number of rotatable bonds is 5. The van der Waals surface area contributed by atoms with Gasteiger partial charge in [0.15, 0.2) is 6.10 Å². The molecular formula is C21H29ClN2O3. The Morgan fingerprint density at radius 1 is 1.15 bits per heavy atom. The van der Waals surface area contributed by atoms with Crippen molar-refractivity contribution in [2.45, 2.75) is 52.1 Å². The zero-order chi connectivity index (χ0) is 19.4. The molecule has 5 nitrogen and oxygen atoms in total. The SMILES string of the molecule is Cc1cc(OC(C)C(=O)N2CCN(C(=O)CC3CCCC3)CC2)ccc1Cl. The van der Waals surface area contributed by atoms with E-state index >= 15 is 0 Å². The standard InChI is InChI=1S/C21H29ClN2O3/c1-15-13-18(7-8-19(15)22)27-16(2)21(26)24-11-9-23(10-12-24)20(25)14-17-5-3-4-6-17/h7-8,13,16-17H,3-6,9-12,14H2,1-2H3. The third kappa shape index (κ3) is 5.16. The number of nitrogens with zero attached hydrogens (tertiary/aromatic N) is 2. The maximum Gasteiger partial charge on any atom is 0.263 e. The minimum atomic E-state index is -0.564. The van der Waals surface area contributed by atoms with Crippen LogP contribution >= 0.6 is 11.6 Å². The van der Waals surface area contributed by atoms with E-state index in [9.17, 15) is 9.59 Å². The zero-order valence-corrected chi connectivity index (χ0v) is 17.0. The maximum absolute atomic E-state index is 12.7. The summed E-state index contributed by atoms with van der Waals surface area (Å²) < 4.78 is 5.80. The first kappa shape index (κ1) is 20.0. The van der Waals surface area contributed by atoms with E-state index in [-0.39, 0.29) is 11.8 Å². The van der Waals surface area contributed by atoms with Gasteiger partial charge in [-0.3, -0.25) is 9.59 Å². The van der Waals surface area contributed by atoms with Crippen LogP contribution in [0.15, 0.2) is 18.2 Å². The van der Waals surface area contributed by atoms with Crippen molar-refractivity contribution in [3.05, 3.63) is 28.8 Å². The number of hydrogen-bond acceptors (Lipinski definition) is 3. The number of amides is 2.